The van der Waals surface area contributed by atoms with Gasteiger partial charge in [-0.25, -0.2) is 15.0 Å². The number of hydrogen-bond donors (Lipinski definition) is 0. The number of nitrogens with zero attached hydrogens (tertiary/aromatic N) is 8. The molecule has 0 atom stereocenters. The minimum absolute atomic E-state index is 0.421. The lowest BCUT2D eigenvalue weighted by atomic mass is 9.85. The van der Waals surface area contributed by atoms with E-state index in [1.165, 1.54) is 32.3 Å². The first kappa shape index (κ1) is 46.9. The Labute approximate surface area is 450 Å². The molecule has 0 spiro atoms. The van der Waals surface area contributed by atoms with Crippen molar-refractivity contribution in [1.29, 1.82) is 0 Å². The van der Waals surface area contributed by atoms with E-state index in [0.29, 0.717) is 5.59 Å². The Balaban J connectivity index is 0.000000149. The van der Waals surface area contributed by atoms with Gasteiger partial charge in [-0.2, -0.15) is 0 Å². The zero-order chi connectivity index (χ0) is 52.5. The Morgan fingerprint density at radius 3 is 1.38 bits per heavy atom. The van der Waals surface area contributed by atoms with Crippen molar-refractivity contribution in [3.63, 3.8) is 0 Å². The smallest absolute Gasteiger partial charge is 0.398 e. The lowest BCUT2D eigenvalue weighted by Gasteiger charge is -2.32. The van der Waals surface area contributed by atoms with E-state index in [1.54, 1.807) is 12.4 Å². The van der Waals surface area contributed by atoms with Gasteiger partial charge in [0.1, 0.15) is 17.2 Å². The predicted octanol–water partition coefficient (Wildman–Crippen LogP) is 15.0. The fraction of sp³-hybridized carbons (Fsp3) is 0.0896. The average molecular weight is 1010 g/mol. The third-order valence-corrected chi connectivity index (χ3v) is 15.5. The second kappa shape index (κ2) is 18.6. The Kier molecular flexibility index (Phi) is 11.2. The van der Waals surface area contributed by atoms with E-state index in [0.717, 1.165) is 94.7 Å². The first-order valence-corrected chi connectivity index (χ1v) is 26.2. The van der Waals surface area contributed by atoms with Gasteiger partial charge in [-0.3, -0.25) is 24.5 Å². The van der Waals surface area contributed by atoms with Crippen LogP contribution in [0.5, 0.6) is 0 Å². The number of para-hydroxylation sites is 5. The fourth-order valence-electron chi connectivity index (χ4n) is 10.8. The molecule has 0 bridgehead atoms. The molecule has 15 rings (SSSR count). The number of pyridine rings is 2. The van der Waals surface area contributed by atoms with E-state index in [-0.39, 0.29) is 0 Å². The van der Waals surface area contributed by atoms with Crippen LogP contribution in [-0.4, -0.2) is 57.8 Å². The van der Waals surface area contributed by atoms with Crippen LogP contribution >= 0.6 is 0 Å². The second-order valence-corrected chi connectivity index (χ2v) is 20.7. The van der Waals surface area contributed by atoms with Crippen LogP contribution in [-0.2, 0) is 9.31 Å². The summed E-state index contributed by atoms with van der Waals surface area (Å²) in [6.45, 7) is 8.13. The molecule has 10 nitrogen and oxygen atoms in total. The Morgan fingerprint density at radius 2 is 0.833 bits per heavy atom. The lowest BCUT2D eigenvalue weighted by Crippen LogP contribution is -2.41. The van der Waals surface area contributed by atoms with Crippen molar-refractivity contribution in [3.8, 4) is 51.1 Å². The molecule has 372 valence electrons. The molecule has 1 aliphatic heterocycles. The number of fused-ring (bicyclic) bond motifs is 11. The van der Waals surface area contributed by atoms with Crippen molar-refractivity contribution in [3.05, 3.63) is 225 Å². The van der Waals surface area contributed by atoms with Crippen LogP contribution in [0, 0.1) is 0 Å². The minimum atomic E-state index is -0.540. The summed E-state index contributed by atoms with van der Waals surface area (Å²) in [6.07, 6.45) is 7.18. The van der Waals surface area contributed by atoms with Gasteiger partial charge < -0.3 is 9.31 Å². The van der Waals surface area contributed by atoms with Gasteiger partial charge in [-0.05, 0) is 85.6 Å². The molecule has 0 saturated carbocycles. The van der Waals surface area contributed by atoms with E-state index in [4.69, 9.17) is 39.2 Å². The molecular formula is C67H49BN8O2. The molecule has 0 radical (unpaired) electrons. The van der Waals surface area contributed by atoms with Crippen molar-refractivity contribution in [2.75, 3.05) is 0 Å². The van der Waals surface area contributed by atoms with Crippen LogP contribution in [0.2, 0.25) is 0 Å². The van der Waals surface area contributed by atoms with E-state index in [2.05, 4.69) is 179 Å². The maximum absolute atomic E-state index is 6.13. The highest BCUT2D eigenvalue weighted by atomic mass is 16.7. The van der Waals surface area contributed by atoms with E-state index in [1.807, 2.05) is 70.4 Å². The zero-order valence-electron chi connectivity index (χ0n) is 43.3. The quantitative estimate of drug-likeness (QED) is 0.119. The molecule has 78 heavy (non-hydrogen) atoms. The Hall–Kier alpha value is -9.55. The van der Waals surface area contributed by atoms with Gasteiger partial charge in [0.2, 0.25) is 0 Å². The van der Waals surface area contributed by atoms with Crippen LogP contribution in [0.1, 0.15) is 27.7 Å². The van der Waals surface area contributed by atoms with Gasteiger partial charge in [0, 0.05) is 55.3 Å². The molecular weight excluding hydrogens is 960 g/mol. The van der Waals surface area contributed by atoms with E-state index >= 15 is 0 Å². The highest BCUT2D eigenvalue weighted by Crippen LogP contribution is 2.40. The van der Waals surface area contributed by atoms with Crippen molar-refractivity contribution in [1.82, 2.24) is 39.5 Å². The number of hydrogen-bond acceptors (Lipinski definition) is 9. The van der Waals surface area contributed by atoms with Gasteiger partial charge in [0.25, 0.3) is 0 Å². The van der Waals surface area contributed by atoms with Crippen molar-refractivity contribution < 1.29 is 9.31 Å². The summed E-state index contributed by atoms with van der Waals surface area (Å²) >= 11 is 0. The molecule has 0 N–H and O–H groups in total. The number of rotatable bonds is 6. The fourth-order valence-corrected chi connectivity index (χ4v) is 10.8. The molecule has 1 aliphatic rings. The van der Waals surface area contributed by atoms with Gasteiger partial charge in [-0.1, -0.05) is 164 Å². The first-order valence-electron chi connectivity index (χ1n) is 26.2. The molecule has 0 amide bonds. The number of imidazole rings is 1. The summed E-state index contributed by atoms with van der Waals surface area (Å²) < 4.78 is 14.5. The third kappa shape index (κ3) is 8.02. The predicted molar refractivity (Wildman–Crippen MR) is 317 cm³/mol. The molecule has 6 heterocycles. The second-order valence-electron chi connectivity index (χ2n) is 20.7. The molecule has 9 aromatic carbocycles. The molecule has 1 fully saturated rings. The zero-order valence-corrected chi connectivity index (χ0v) is 43.3. The highest BCUT2D eigenvalue weighted by Gasteiger charge is 2.52. The van der Waals surface area contributed by atoms with Gasteiger partial charge in [0.15, 0.2) is 0 Å². The Morgan fingerprint density at radius 1 is 0.372 bits per heavy atom. The summed E-state index contributed by atoms with van der Waals surface area (Å²) in [5.74, 6) is 0.900. The third-order valence-electron chi connectivity index (χ3n) is 15.5. The molecule has 1 saturated heterocycles. The lowest BCUT2D eigenvalue weighted by molar-refractivity contribution is 0.00578. The normalized spacial score (nSPS) is 14.0. The van der Waals surface area contributed by atoms with Crippen LogP contribution in [0.4, 0.5) is 0 Å². The number of benzene rings is 9. The molecule has 0 aliphatic carbocycles. The topological polar surface area (TPSA) is 114 Å². The van der Waals surface area contributed by atoms with Crippen molar-refractivity contribution in [2.24, 2.45) is 0 Å². The van der Waals surface area contributed by atoms with Crippen LogP contribution in [0.15, 0.2) is 225 Å². The number of aromatic nitrogens is 8. The SMILES string of the molecule is CC1(C)OB(c2cnc(-c3nc4ccccc4c4c3ccc3ccccc34)cn2)OC1(C)C.c1ccc(-n2c(-c3ccc(-c4cnc(-c5nc6ccccc6c6c5ccc5ccccc56)cn4)cc3)nc3ccccc32)cc1. The van der Waals surface area contributed by atoms with Gasteiger partial charge >= 0.3 is 7.12 Å². The maximum Gasteiger partial charge on any atom is 0.516 e. The summed E-state index contributed by atoms with van der Waals surface area (Å²) in [7, 11) is -0.540. The summed E-state index contributed by atoms with van der Waals surface area (Å²) in [5, 5.41) is 11.6. The van der Waals surface area contributed by atoms with Crippen molar-refractivity contribution in [2.45, 2.75) is 38.9 Å². The maximum atomic E-state index is 6.13. The molecule has 0 unspecified atom stereocenters. The van der Waals surface area contributed by atoms with E-state index in [9.17, 15) is 0 Å². The molecule has 5 aromatic heterocycles. The average Bonchev–Trinajstić information content (AvgIpc) is 4.15. The summed E-state index contributed by atoms with van der Waals surface area (Å²) in [6, 6.07) is 69.1. The summed E-state index contributed by atoms with van der Waals surface area (Å²) in [5.41, 5.74) is 10.8. The molecule has 11 heteroatoms. The minimum Gasteiger partial charge on any atom is -0.398 e. The van der Waals surface area contributed by atoms with E-state index < -0.39 is 18.3 Å². The Bertz CT molecular complexity index is 4580. The van der Waals surface area contributed by atoms with Gasteiger partial charge in [0.05, 0.1) is 74.5 Å². The summed E-state index contributed by atoms with van der Waals surface area (Å²) in [4.78, 5) is 34.2. The van der Waals surface area contributed by atoms with Gasteiger partial charge in [-0.15, -0.1) is 0 Å². The molecule has 14 aromatic rings. The van der Waals surface area contributed by atoms with Crippen LogP contribution in [0.25, 0.3) is 127 Å². The first-order chi connectivity index (χ1) is 38.2. The highest BCUT2D eigenvalue weighted by molar-refractivity contribution is 6.61. The standard InChI is InChI=1S/C40H25N5.C27H24BN3O2/c1-2-11-29(12-3-1)45-37-17-9-8-16-34(37)44-40(45)28-20-18-27(19-21-28)35-24-42-36(25-41-35)39-32-23-22-26-10-4-5-13-30(26)38(32)31-14-6-7-15-33(31)43-39;1-26(2)27(3,4)33-28(32-26)23-16-29-22(15-30-23)25-20-14-13-17-9-5-6-10-18(17)24(20)19-11-7-8-12-21(19)31-25/h1-25H;5-16H,1-4H3. The monoisotopic (exact) mass is 1010 g/mol. The van der Waals surface area contributed by atoms with Crippen molar-refractivity contribution >= 4 is 88.6 Å². The largest absolute Gasteiger partial charge is 0.516 e. The van der Waals surface area contributed by atoms with Crippen LogP contribution < -0.4 is 5.59 Å². The van der Waals surface area contributed by atoms with Crippen LogP contribution in [0.3, 0.4) is 0 Å².